The Labute approximate surface area is 99.4 Å². The van der Waals surface area contributed by atoms with Gasteiger partial charge < -0.3 is 0 Å². The Kier molecular flexibility index (Phi) is 316. The van der Waals surface area contributed by atoms with Gasteiger partial charge in [-0.15, -0.1) is 52.6 Å². The fourth-order valence-electron chi connectivity index (χ4n) is 0.407. The highest BCUT2D eigenvalue weighted by Gasteiger charge is 1.74. The van der Waals surface area contributed by atoms with Crippen molar-refractivity contribution in [3.63, 3.8) is 0 Å². The van der Waals surface area contributed by atoms with Crippen LogP contribution in [0.4, 0.5) is 0 Å². The zero-order valence-electron chi connectivity index (χ0n) is 8.93. The standard InChI is InChI=1S/C7H12.3C2H4.2CH4/c1-3-5-7-6-4-2;3*1-2;;/h3-4H,1-2,5-7H2;3*1-2H2;2*1H4. The SMILES string of the molecule is C.C.C=C.C=C.C=C.C=CCCCC=C. The number of hydrogen-bond donors (Lipinski definition) is 0. The molecule has 0 bridgehead atoms. The summed E-state index contributed by atoms with van der Waals surface area (Å²) in [5.41, 5.74) is 0. The van der Waals surface area contributed by atoms with E-state index in [0.29, 0.717) is 0 Å². The van der Waals surface area contributed by atoms with Gasteiger partial charge in [-0.25, -0.2) is 0 Å². The van der Waals surface area contributed by atoms with Crippen LogP contribution in [-0.2, 0) is 0 Å². The molecule has 0 atom stereocenters. The molecule has 0 amide bonds. The lowest BCUT2D eigenvalue weighted by atomic mass is 10.2. The van der Waals surface area contributed by atoms with Gasteiger partial charge in [0.05, 0.1) is 0 Å². The summed E-state index contributed by atoms with van der Waals surface area (Å²) >= 11 is 0. The fourth-order valence-corrected chi connectivity index (χ4v) is 0.407. The van der Waals surface area contributed by atoms with Gasteiger partial charge in [-0.1, -0.05) is 27.0 Å². The molecule has 0 rings (SSSR count). The summed E-state index contributed by atoms with van der Waals surface area (Å²) < 4.78 is 0. The monoisotopic (exact) mass is 212 g/mol. The molecule has 0 nitrogen and oxygen atoms in total. The molecule has 0 fully saturated rings. The Morgan fingerprint density at radius 1 is 0.600 bits per heavy atom. The van der Waals surface area contributed by atoms with Crippen molar-refractivity contribution in [2.45, 2.75) is 34.1 Å². The van der Waals surface area contributed by atoms with Crippen LogP contribution in [0.2, 0.25) is 0 Å². The normalized spacial score (nSPS) is 4.53. The van der Waals surface area contributed by atoms with E-state index in [-0.39, 0.29) is 14.9 Å². The van der Waals surface area contributed by atoms with E-state index in [1.165, 1.54) is 6.42 Å². The minimum absolute atomic E-state index is 0. The van der Waals surface area contributed by atoms with Crippen molar-refractivity contribution in [3.8, 4) is 0 Å². The van der Waals surface area contributed by atoms with Crippen LogP contribution >= 0.6 is 0 Å². The van der Waals surface area contributed by atoms with Crippen LogP contribution in [0.25, 0.3) is 0 Å². The first-order valence-corrected chi connectivity index (χ1v) is 4.13. The highest BCUT2D eigenvalue weighted by Crippen LogP contribution is 1.93. The van der Waals surface area contributed by atoms with Crippen molar-refractivity contribution in [2.75, 3.05) is 0 Å². The highest BCUT2D eigenvalue weighted by molar-refractivity contribution is 4.71. The number of allylic oxidation sites excluding steroid dienone is 2. The largest absolute Gasteiger partial charge is 0.106 e. The van der Waals surface area contributed by atoms with Crippen molar-refractivity contribution < 1.29 is 0 Å². The molecule has 0 N–H and O–H groups in total. The van der Waals surface area contributed by atoms with E-state index in [1.807, 2.05) is 12.2 Å². The number of rotatable bonds is 4. The van der Waals surface area contributed by atoms with Crippen molar-refractivity contribution >= 4 is 0 Å². The maximum Gasteiger partial charge on any atom is -0.0350 e. The van der Waals surface area contributed by atoms with Crippen molar-refractivity contribution in [1.82, 2.24) is 0 Å². The van der Waals surface area contributed by atoms with Crippen LogP contribution in [-0.4, -0.2) is 0 Å². The predicted octanol–water partition coefficient (Wildman–Crippen LogP) is 6.21. The van der Waals surface area contributed by atoms with Crippen molar-refractivity contribution in [3.05, 3.63) is 64.8 Å². The zero-order valence-corrected chi connectivity index (χ0v) is 8.93. The summed E-state index contributed by atoms with van der Waals surface area (Å²) in [6, 6.07) is 0. The van der Waals surface area contributed by atoms with Gasteiger partial charge in [0.25, 0.3) is 0 Å². The van der Waals surface area contributed by atoms with Crippen molar-refractivity contribution in [2.24, 2.45) is 0 Å². The molecular weight excluding hydrogens is 180 g/mol. The van der Waals surface area contributed by atoms with Gasteiger partial charge in [0.15, 0.2) is 0 Å². The van der Waals surface area contributed by atoms with Gasteiger partial charge >= 0.3 is 0 Å². The highest BCUT2D eigenvalue weighted by atomic mass is 13.8. The van der Waals surface area contributed by atoms with Crippen LogP contribution in [0, 0.1) is 0 Å². The smallest absolute Gasteiger partial charge is 0.0350 e. The Hall–Kier alpha value is -1.30. The molecule has 0 heterocycles. The van der Waals surface area contributed by atoms with Crippen LogP contribution in [0.15, 0.2) is 64.8 Å². The Bertz CT molecular complexity index is 69.3. The third kappa shape index (κ3) is 199. The molecule has 0 spiro atoms. The molecule has 0 heteroatoms. The molecule has 0 aromatic carbocycles. The molecule has 0 saturated heterocycles. The summed E-state index contributed by atoms with van der Waals surface area (Å²) in [5, 5.41) is 0. The molecule has 0 saturated carbocycles. The Morgan fingerprint density at radius 3 is 0.933 bits per heavy atom. The van der Waals surface area contributed by atoms with Crippen LogP contribution in [0.1, 0.15) is 34.1 Å². The molecule has 0 aliphatic carbocycles. The third-order valence-electron chi connectivity index (χ3n) is 0.816. The van der Waals surface area contributed by atoms with Crippen LogP contribution in [0.3, 0.4) is 0 Å². The lowest BCUT2D eigenvalue weighted by molar-refractivity contribution is 0.871. The third-order valence-corrected chi connectivity index (χ3v) is 0.816. The second-order valence-electron chi connectivity index (χ2n) is 1.51. The van der Waals surface area contributed by atoms with Gasteiger partial charge in [-0.3, -0.25) is 0 Å². The molecule has 0 aromatic rings. The predicted molar refractivity (Wildman–Crippen MR) is 81.5 cm³/mol. The molecule has 15 heavy (non-hydrogen) atoms. The minimum Gasteiger partial charge on any atom is -0.106 e. The van der Waals surface area contributed by atoms with E-state index in [1.54, 1.807) is 0 Å². The first-order valence-electron chi connectivity index (χ1n) is 4.13. The van der Waals surface area contributed by atoms with E-state index in [4.69, 9.17) is 0 Å². The van der Waals surface area contributed by atoms with E-state index in [2.05, 4.69) is 52.6 Å². The summed E-state index contributed by atoms with van der Waals surface area (Å²) in [6.45, 7) is 25.2. The first-order chi connectivity index (χ1) is 6.41. The quantitative estimate of drug-likeness (QED) is 0.384. The molecule has 0 radical (unpaired) electrons. The summed E-state index contributed by atoms with van der Waals surface area (Å²) in [4.78, 5) is 0. The Morgan fingerprint density at radius 2 is 0.800 bits per heavy atom. The molecule has 0 aromatic heterocycles. The molecule has 0 aliphatic rings. The molecule has 92 valence electrons. The van der Waals surface area contributed by atoms with Gasteiger partial charge in [0.2, 0.25) is 0 Å². The van der Waals surface area contributed by atoms with Gasteiger partial charge in [0, 0.05) is 0 Å². The van der Waals surface area contributed by atoms with Gasteiger partial charge in [-0.2, -0.15) is 0 Å². The summed E-state index contributed by atoms with van der Waals surface area (Å²) in [6.07, 6.45) is 7.30. The summed E-state index contributed by atoms with van der Waals surface area (Å²) in [5.74, 6) is 0. The maximum absolute atomic E-state index is 3.60. The second kappa shape index (κ2) is 127. The van der Waals surface area contributed by atoms with E-state index < -0.39 is 0 Å². The van der Waals surface area contributed by atoms with Gasteiger partial charge in [0.1, 0.15) is 0 Å². The minimum atomic E-state index is 0. The number of unbranched alkanes of at least 4 members (excludes halogenated alkanes) is 2. The molecule has 0 unspecified atom stereocenters. The van der Waals surface area contributed by atoms with Gasteiger partial charge in [-0.05, 0) is 19.3 Å². The van der Waals surface area contributed by atoms with E-state index in [9.17, 15) is 0 Å². The average Bonchev–Trinajstić information content (AvgIpc) is 2.27. The fraction of sp³-hybridized carbons (Fsp3) is 0.333. The van der Waals surface area contributed by atoms with Crippen LogP contribution in [0.5, 0.6) is 0 Å². The van der Waals surface area contributed by atoms with Crippen LogP contribution < -0.4 is 0 Å². The summed E-state index contributed by atoms with van der Waals surface area (Å²) in [7, 11) is 0. The van der Waals surface area contributed by atoms with Crippen molar-refractivity contribution in [1.29, 1.82) is 0 Å². The lowest BCUT2D eigenvalue weighted by Crippen LogP contribution is -1.64. The lowest BCUT2D eigenvalue weighted by Gasteiger charge is -1.84. The topological polar surface area (TPSA) is 0 Å². The maximum atomic E-state index is 3.60. The second-order valence-corrected chi connectivity index (χ2v) is 1.51. The molecular formula is C15H32. The first kappa shape index (κ1) is 37.3. The van der Waals surface area contributed by atoms with E-state index >= 15 is 0 Å². The zero-order chi connectivity index (χ0) is 11.5. The number of hydrogen-bond acceptors (Lipinski definition) is 0. The Balaban J connectivity index is -0.0000000221. The van der Waals surface area contributed by atoms with E-state index in [0.717, 1.165) is 12.8 Å². The average molecular weight is 212 g/mol. The molecule has 0 aliphatic heterocycles.